The van der Waals surface area contributed by atoms with Crippen molar-refractivity contribution in [3.63, 3.8) is 0 Å². The Hall–Kier alpha value is -0.330. The van der Waals surface area contributed by atoms with Crippen LogP contribution in [0.5, 0.6) is 0 Å². The van der Waals surface area contributed by atoms with Gasteiger partial charge in [0.25, 0.3) is 0 Å². The van der Waals surface area contributed by atoms with E-state index < -0.39 is 0 Å². The maximum absolute atomic E-state index is 11.6. The highest BCUT2D eigenvalue weighted by atomic mass is 16.1. The van der Waals surface area contributed by atoms with Gasteiger partial charge in [-0.1, -0.05) is 33.6 Å². The molecule has 0 N–H and O–H groups in total. The highest BCUT2D eigenvalue weighted by Gasteiger charge is 2.52. The number of fused-ring (bicyclic) bond motifs is 1. The maximum atomic E-state index is 11.6. The highest BCUT2D eigenvalue weighted by Crippen LogP contribution is 2.59. The average molecular weight is 194 g/mol. The molecule has 0 aliphatic heterocycles. The molecule has 0 amide bonds. The van der Waals surface area contributed by atoms with Crippen LogP contribution < -0.4 is 0 Å². The summed E-state index contributed by atoms with van der Waals surface area (Å²) in [7, 11) is 0. The lowest BCUT2D eigenvalue weighted by molar-refractivity contribution is -0.137. The third kappa shape index (κ3) is 1.24. The minimum Gasteiger partial charge on any atom is -0.300 e. The Morgan fingerprint density at radius 2 is 2.00 bits per heavy atom. The number of carbonyl (C=O) groups is 1. The van der Waals surface area contributed by atoms with E-state index in [9.17, 15) is 4.79 Å². The summed E-state index contributed by atoms with van der Waals surface area (Å²) in [6.45, 7) is 7.15. The summed E-state index contributed by atoms with van der Waals surface area (Å²) in [4.78, 5) is 11.6. The largest absolute Gasteiger partial charge is 0.300 e. The standard InChI is InChI=1S/C13H22O/c1-10-5-4-7-12(2)9-11(14)6-8-13(10,12)3/h10H,4-9H2,1-3H3/t10-,12+,13+/m0/s1. The van der Waals surface area contributed by atoms with Gasteiger partial charge in [-0.3, -0.25) is 4.79 Å². The lowest BCUT2D eigenvalue weighted by Crippen LogP contribution is -2.49. The number of ketones is 1. The molecule has 0 bridgehead atoms. The number of carbonyl (C=O) groups excluding carboxylic acids is 1. The van der Waals surface area contributed by atoms with Crippen LogP contribution in [0.1, 0.15) is 59.3 Å². The number of hydrogen-bond donors (Lipinski definition) is 0. The van der Waals surface area contributed by atoms with Gasteiger partial charge in [0.1, 0.15) is 5.78 Å². The summed E-state index contributed by atoms with van der Waals surface area (Å²) in [5.74, 6) is 1.30. The molecule has 14 heavy (non-hydrogen) atoms. The van der Waals surface area contributed by atoms with Crippen molar-refractivity contribution in [1.29, 1.82) is 0 Å². The molecule has 2 aliphatic carbocycles. The first-order valence-corrected chi connectivity index (χ1v) is 6.00. The van der Waals surface area contributed by atoms with Gasteiger partial charge < -0.3 is 0 Å². The fraction of sp³-hybridized carbons (Fsp3) is 0.923. The van der Waals surface area contributed by atoms with Gasteiger partial charge in [-0.2, -0.15) is 0 Å². The molecule has 1 heteroatoms. The van der Waals surface area contributed by atoms with Crippen LogP contribution in [-0.2, 0) is 4.79 Å². The van der Waals surface area contributed by atoms with Crippen molar-refractivity contribution in [1.82, 2.24) is 0 Å². The third-order valence-electron chi connectivity index (χ3n) is 5.34. The Labute approximate surface area is 87.3 Å². The van der Waals surface area contributed by atoms with Crippen molar-refractivity contribution in [2.75, 3.05) is 0 Å². The summed E-state index contributed by atoms with van der Waals surface area (Å²) in [5.41, 5.74) is 0.735. The van der Waals surface area contributed by atoms with Gasteiger partial charge in [-0.15, -0.1) is 0 Å². The molecule has 0 unspecified atom stereocenters. The van der Waals surface area contributed by atoms with Gasteiger partial charge in [-0.05, 0) is 29.6 Å². The van der Waals surface area contributed by atoms with Gasteiger partial charge in [0, 0.05) is 12.8 Å². The molecule has 1 nitrogen and oxygen atoms in total. The van der Waals surface area contributed by atoms with E-state index in [0.29, 0.717) is 16.6 Å². The van der Waals surface area contributed by atoms with E-state index in [0.717, 1.165) is 25.2 Å². The molecule has 0 spiro atoms. The molecule has 0 saturated heterocycles. The zero-order valence-corrected chi connectivity index (χ0v) is 9.73. The van der Waals surface area contributed by atoms with Gasteiger partial charge in [0.15, 0.2) is 0 Å². The van der Waals surface area contributed by atoms with Crippen LogP contribution in [0.2, 0.25) is 0 Å². The van der Waals surface area contributed by atoms with Crippen LogP contribution in [0.25, 0.3) is 0 Å². The van der Waals surface area contributed by atoms with E-state index >= 15 is 0 Å². The predicted molar refractivity (Wildman–Crippen MR) is 58.1 cm³/mol. The first-order chi connectivity index (χ1) is 6.48. The summed E-state index contributed by atoms with van der Waals surface area (Å²) >= 11 is 0. The Morgan fingerprint density at radius 3 is 2.71 bits per heavy atom. The molecule has 2 fully saturated rings. The second-order valence-electron chi connectivity index (χ2n) is 5.99. The topological polar surface area (TPSA) is 17.1 Å². The molecule has 0 radical (unpaired) electrons. The Balaban J connectivity index is 2.31. The SMILES string of the molecule is C[C@H]1CCC[C@]2(C)CC(=O)CC[C@]12C. The van der Waals surface area contributed by atoms with Crippen LogP contribution in [0.4, 0.5) is 0 Å². The molecule has 0 aromatic heterocycles. The molecule has 2 rings (SSSR count). The van der Waals surface area contributed by atoms with E-state index in [4.69, 9.17) is 0 Å². The normalized spacial score (nSPS) is 48.8. The summed E-state index contributed by atoms with van der Waals surface area (Å²) in [6, 6.07) is 0. The monoisotopic (exact) mass is 194 g/mol. The van der Waals surface area contributed by atoms with Crippen LogP contribution >= 0.6 is 0 Å². The molecule has 2 aliphatic rings. The molecule has 0 aromatic rings. The number of hydrogen-bond acceptors (Lipinski definition) is 1. The molecular weight excluding hydrogens is 172 g/mol. The van der Waals surface area contributed by atoms with Crippen LogP contribution in [-0.4, -0.2) is 5.78 Å². The van der Waals surface area contributed by atoms with Gasteiger partial charge in [0.05, 0.1) is 0 Å². The summed E-state index contributed by atoms with van der Waals surface area (Å²) in [6.07, 6.45) is 6.74. The lowest BCUT2D eigenvalue weighted by Gasteiger charge is -2.56. The van der Waals surface area contributed by atoms with Crippen LogP contribution in [0.3, 0.4) is 0 Å². The Kier molecular flexibility index (Phi) is 2.24. The first-order valence-electron chi connectivity index (χ1n) is 6.00. The predicted octanol–water partition coefficient (Wildman–Crippen LogP) is 3.57. The number of Topliss-reactive ketones (excluding diaryl/α,β-unsaturated/α-hetero) is 1. The van der Waals surface area contributed by atoms with Gasteiger partial charge >= 0.3 is 0 Å². The highest BCUT2D eigenvalue weighted by molar-refractivity contribution is 5.80. The zero-order valence-electron chi connectivity index (χ0n) is 9.73. The molecule has 3 atom stereocenters. The second-order valence-corrected chi connectivity index (χ2v) is 5.99. The van der Waals surface area contributed by atoms with Crippen molar-refractivity contribution in [2.45, 2.75) is 59.3 Å². The van der Waals surface area contributed by atoms with E-state index in [-0.39, 0.29) is 0 Å². The minimum atomic E-state index is 0.306. The van der Waals surface area contributed by atoms with E-state index in [1.807, 2.05) is 0 Å². The molecule has 2 saturated carbocycles. The average Bonchev–Trinajstić information content (AvgIpc) is 2.10. The van der Waals surface area contributed by atoms with E-state index in [2.05, 4.69) is 20.8 Å². The lowest BCUT2D eigenvalue weighted by atomic mass is 9.48. The third-order valence-corrected chi connectivity index (χ3v) is 5.34. The van der Waals surface area contributed by atoms with Gasteiger partial charge in [0.2, 0.25) is 0 Å². The Morgan fingerprint density at radius 1 is 1.29 bits per heavy atom. The van der Waals surface area contributed by atoms with E-state index in [1.165, 1.54) is 19.3 Å². The number of rotatable bonds is 0. The van der Waals surface area contributed by atoms with Crippen molar-refractivity contribution in [3.8, 4) is 0 Å². The van der Waals surface area contributed by atoms with Crippen molar-refractivity contribution >= 4 is 5.78 Å². The smallest absolute Gasteiger partial charge is 0.133 e. The molecule has 0 heterocycles. The quantitative estimate of drug-likeness (QED) is 0.576. The fourth-order valence-electron chi connectivity index (χ4n) is 3.76. The van der Waals surface area contributed by atoms with Gasteiger partial charge in [-0.25, -0.2) is 0 Å². The first kappa shape index (κ1) is 10.2. The minimum absolute atomic E-state index is 0.306. The van der Waals surface area contributed by atoms with Crippen LogP contribution in [0.15, 0.2) is 0 Å². The molecule has 0 aromatic carbocycles. The van der Waals surface area contributed by atoms with Crippen molar-refractivity contribution < 1.29 is 4.79 Å². The maximum Gasteiger partial charge on any atom is 0.133 e. The summed E-state index contributed by atoms with van der Waals surface area (Å²) in [5, 5.41) is 0. The van der Waals surface area contributed by atoms with Crippen molar-refractivity contribution in [3.05, 3.63) is 0 Å². The summed E-state index contributed by atoms with van der Waals surface area (Å²) < 4.78 is 0. The molecule has 80 valence electrons. The van der Waals surface area contributed by atoms with Crippen LogP contribution in [0, 0.1) is 16.7 Å². The van der Waals surface area contributed by atoms with E-state index in [1.54, 1.807) is 0 Å². The fourth-order valence-corrected chi connectivity index (χ4v) is 3.76. The van der Waals surface area contributed by atoms with Crippen molar-refractivity contribution in [2.24, 2.45) is 16.7 Å². The molecular formula is C13H22O. The zero-order chi connectivity index (χ0) is 10.4. The second kappa shape index (κ2) is 3.08. The Bertz CT molecular complexity index is 258.